The summed E-state index contributed by atoms with van der Waals surface area (Å²) in [7, 11) is 0. The van der Waals surface area contributed by atoms with Crippen LogP contribution < -0.4 is 16.1 Å². The molecule has 29 heavy (non-hydrogen) atoms. The highest BCUT2D eigenvalue weighted by molar-refractivity contribution is 9.10. The van der Waals surface area contributed by atoms with Gasteiger partial charge in [0.15, 0.2) is 0 Å². The van der Waals surface area contributed by atoms with Crippen molar-refractivity contribution in [3.05, 3.63) is 76.4 Å². The van der Waals surface area contributed by atoms with Crippen LogP contribution in [0.2, 0.25) is 5.02 Å². The Hall–Kier alpha value is -3.10. The van der Waals surface area contributed by atoms with Gasteiger partial charge in [-0.2, -0.15) is 0 Å². The van der Waals surface area contributed by atoms with Gasteiger partial charge in [0.1, 0.15) is 5.69 Å². The van der Waals surface area contributed by atoms with E-state index in [1.807, 2.05) is 0 Å². The Morgan fingerprint density at radius 2 is 1.79 bits per heavy atom. The third-order valence-corrected chi connectivity index (χ3v) is 4.67. The lowest BCUT2D eigenvalue weighted by atomic mass is 10.2. The Balaban J connectivity index is 1.94. The first-order chi connectivity index (χ1) is 13.9. The van der Waals surface area contributed by atoms with Crippen molar-refractivity contribution in [2.24, 2.45) is 0 Å². The fourth-order valence-corrected chi connectivity index (χ4v) is 3.10. The second-order valence-electron chi connectivity index (χ2n) is 5.97. The van der Waals surface area contributed by atoms with Gasteiger partial charge in [0.2, 0.25) is 0 Å². The molecular weight excluding hydrogens is 460 g/mol. The summed E-state index contributed by atoms with van der Waals surface area (Å²) in [5, 5.41) is 6.38. The maximum absolute atomic E-state index is 12.9. The van der Waals surface area contributed by atoms with Gasteiger partial charge in [0.05, 0.1) is 5.52 Å². The summed E-state index contributed by atoms with van der Waals surface area (Å²) in [5.41, 5.74) is 3.71. The monoisotopic (exact) mass is 474 g/mol. The van der Waals surface area contributed by atoms with Gasteiger partial charge >= 0.3 is 11.8 Å². The van der Waals surface area contributed by atoms with Crippen LogP contribution >= 0.6 is 27.5 Å². The topological polar surface area (TPSA) is 92.2 Å². The van der Waals surface area contributed by atoms with Crippen molar-refractivity contribution >= 4 is 61.8 Å². The number of nitrogens with one attached hydrogen (secondary N) is 3. The minimum atomic E-state index is -0.909. The molecule has 0 unspecified atom stereocenters. The minimum absolute atomic E-state index is 0.148. The number of halogens is 2. The molecule has 0 atom stereocenters. The number of fused-ring (bicyclic) bond motifs is 1. The molecule has 2 aromatic carbocycles. The molecule has 3 amide bonds. The lowest BCUT2D eigenvalue weighted by Gasteiger charge is -2.12. The van der Waals surface area contributed by atoms with E-state index in [0.717, 1.165) is 4.47 Å². The Morgan fingerprint density at radius 1 is 1.07 bits per heavy atom. The maximum atomic E-state index is 12.9. The zero-order valence-electron chi connectivity index (χ0n) is 15.0. The van der Waals surface area contributed by atoms with E-state index < -0.39 is 17.7 Å². The van der Waals surface area contributed by atoms with Gasteiger partial charge in [-0.25, -0.2) is 4.68 Å². The Labute approximate surface area is 179 Å². The van der Waals surface area contributed by atoms with Gasteiger partial charge in [0, 0.05) is 27.1 Å². The highest BCUT2D eigenvalue weighted by Crippen LogP contribution is 2.24. The maximum Gasteiger partial charge on any atom is 0.328 e. The summed E-state index contributed by atoms with van der Waals surface area (Å²) in [6.07, 6.45) is 1.46. The number of hydrogen-bond donors (Lipinski definition) is 3. The smallest absolute Gasteiger partial charge is 0.328 e. The van der Waals surface area contributed by atoms with Crippen molar-refractivity contribution < 1.29 is 14.4 Å². The fourth-order valence-electron chi connectivity index (χ4n) is 2.60. The number of carbonyl (C=O) groups is 3. The van der Waals surface area contributed by atoms with Crippen LogP contribution in [-0.4, -0.2) is 28.9 Å². The lowest BCUT2D eigenvalue weighted by molar-refractivity contribution is -0.136. The predicted molar refractivity (Wildman–Crippen MR) is 117 cm³/mol. The van der Waals surface area contributed by atoms with Gasteiger partial charge in [-0.1, -0.05) is 33.6 Å². The van der Waals surface area contributed by atoms with Crippen molar-refractivity contribution in [2.75, 3.05) is 17.3 Å². The van der Waals surface area contributed by atoms with Gasteiger partial charge in [-0.15, -0.1) is 6.58 Å². The summed E-state index contributed by atoms with van der Waals surface area (Å²) >= 11 is 9.25. The molecule has 0 saturated carbocycles. The van der Waals surface area contributed by atoms with Crippen LogP contribution in [0.3, 0.4) is 0 Å². The summed E-state index contributed by atoms with van der Waals surface area (Å²) in [4.78, 5) is 37.0. The fraction of sp³-hybridized carbons (Fsp3) is 0.0500. The van der Waals surface area contributed by atoms with Gasteiger partial charge in [-0.05, 0) is 48.5 Å². The molecule has 1 aromatic heterocycles. The molecule has 0 spiro atoms. The van der Waals surface area contributed by atoms with Crippen LogP contribution in [0.1, 0.15) is 10.5 Å². The van der Waals surface area contributed by atoms with Crippen LogP contribution in [0.5, 0.6) is 0 Å². The predicted octanol–water partition coefficient (Wildman–Crippen LogP) is 3.68. The molecule has 3 rings (SSSR count). The van der Waals surface area contributed by atoms with Crippen LogP contribution in [0.15, 0.2) is 65.7 Å². The Kier molecular flexibility index (Phi) is 6.36. The van der Waals surface area contributed by atoms with Crippen LogP contribution in [0.4, 0.5) is 5.69 Å². The normalized spacial score (nSPS) is 10.4. The highest BCUT2D eigenvalue weighted by atomic mass is 79.9. The van der Waals surface area contributed by atoms with Gasteiger partial charge < -0.3 is 10.6 Å². The second kappa shape index (κ2) is 8.93. The largest absolute Gasteiger partial charge is 0.344 e. The molecule has 7 nitrogen and oxygen atoms in total. The molecule has 3 aromatic rings. The number of carbonyl (C=O) groups excluding carboxylic acids is 3. The van der Waals surface area contributed by atoms with E-state index >= 15 is 0 Å². The number of anilines is 1. The first kappa shape index (κ1) is 20.6. The third kappa shape index (κ3) is 4.85. The molecule has 0 radical (unpaired) electrons. The zero-order chi connectivity index (χ0) is 21.0. The van der Waals surface area contributed by atoms with Crippen molar-refractivity contribution in [2.45, 2.75) is 0 Å². The molecule has 0 fully saturated rings. The summed E-state index contributed by atoms with van der Waals surface area (Å²) < 4.78 is 2.09. The molecule has 0 aliphatic rings. The van der Waals surface area contributed by atoms with Gasteiger partial charge in [0.25, 0.3) is 5.91 Å². The van der Waals surface area contributed by atoms with E-state index in [1.54, 1.807) is 48.5 Å². The van der Waals surface area contributed by atoms with E-state index in [2.05, 4.69) is 38.6 Å². The number of rotatable bonds is 5. The van der Waals surface area contributed by atoms with E-state index in [4.69, 9.17) is 11.6 Å². The number of benzene rings is 2. The van der Waals surface area contributed by atoms with Crippen molar-refractivity contribution in [1.82, 2.24) is 9.99 Å². The standard InChI is InChI=1S/C20H16BrClN4O3/c1-2-9-23-19(28)20(29)25-26-16-8-3-13(21)10-12(16)11-17(26)18(27)24-15-6-4-14(22)5-7-15/h2-8,10-11H,1,9H2,(H,23,28)(H,24,27)(H,25,29). The Morgan fingerprint density at radius 3 is 2.48 bits per heavy atom. The summed E-state index contributed by atoms with van der Waals surface area (Å²) in [5.74, 6) is -2.22. The molecule has 3 N–H and O–H groups in total. The number of aromatic nitrogens is 1. The van der Waals surface area contributed by atoms with Crippen LogP contribution in [0, 0.1) is 0 Å². The first-order valence-corrected chi connectivity index (χ1v) is 9.64. The molecule has 1 heterocycles. The summed E-state index contributed by atoms with van der Waals surface area (Å²) in [6.45, 7) is 3.63. The van der Waals surface area contributed by atoms with Crippen molar-refractivity contribution in [3.8, 4) is 0 Å². The molecule has 0 aliphatic heterocycles. The minimum Gasteiger partial charge on any atom is -0.344 e. The summed E-state index contributed by atoms with van der Waals surface area (Å²) in [6, 6.07) is 13.5. The number of hydrogen-bond acceptors (Lipinski definition) is 3. The molecule has 148 valence electrons. The van der Waals surface area contributed by atoms with Gasteiger partial charge in [-0.3, -0.25) is 19.8 Å². The molecule has 0 saturated heterocycles. The first-order valence-electron chi connectivity index (χ1n) is 8.47. The van der Waals surface area contributed by atoms with E-state index in [0.29, 0.717) is 21.6 Å². The quantitative estimate of drug-likeness (QED) is 0.388. The Bertz CT molecular complexity index is 1110. The molecule has 0 bridgehead atoms. The zero-order valence-corrected chi connectivity index (χ0v) is 17.4. The highest BCUT2D eigenvalue weighted by Gasteiger charge is 2.20. The van der Waals surface area contributed by atoms with Crippen molar-refractivity contribution in [1.29, 1.82) is 0 Å². The molecule has 9 heteroatoms. The molecular formula is C20H16BrClN4O3. The number of amides is 3. The third-order valence-electron chi connectivity index (χ3n) is 3.92. The van der Waals surface area contributed by atoms with Crippen LogP contribution in [-0.2, 0) is 9.59 Å². The number of nitrogens with zero attached hydrogens (tertiary/aromatic N) is 1. The van der Waals surface area contributed by atoms with E-state index in [9.17, 15) is 14.4 Å². The molecule has 0 aliphatic carbocycles. The average molecular weight is 476 g/mol. The lowest BCUT2D eigenvalue weighted by Crippen LogP contribution is -2.39. The second-order valence-corrected chi connectivity index (χ2v) is 7.32. The van der Waals surface area contributed by atoms with Crippen molar-refractivity contribution in [3.63, 3.8) is 0 Å². The van der Waals surface area contributed by atoms with Crippen LogP contribution in [0.25, 0.3) is 10.9 Å². The van der Waals surface area contributed by atoms with E-state index in [1.165, 1.54) is 10.8 Å². The SMILES string of the molecule is C=CCNC(=O)C(=O)Nn1c(C(=O)Nc2ccc(Cl)cc2)cc2cc(Br)ccc21. The average Bonchev–Trinajstić information content (AvgIpc) is 3.05. The van der Waals surface area contributed by atoms with E-state index in [-0.39, 0.29) is 12.2 Å².